The molecular weight excluding hydrogens is 218 g/mol. The Hall–Kier alpha value is -1.73. The molecule has 17 heavy (non-hydrogen) atoms. The van der Waals surface area contributed by atoms with E-state index in [-0.39, 0.29) is 12.6 Å². The Kier molecular flexibility index (Phi) is 4.36. The van der Waals surface area contributed by atoms with E-state index in [4.69, 9.17) is 15.9 Å². The second-order valence-electron chi connectivity index (χ2n) is 4.05. The maximum absolute atomic E-state index is 10.8. The van der Waals surface area contributed by atoms with Gasteiger partial charge in [0.15, 0.2) is 0 Å². The first-order chi connectivity index (χ1) is 7.95. The predicted molar refractivity (Wildman–Crippen MR) is 64.6 cm³/mol. The SMILES string of the molecule is C#CCN(CC(=O)O)C(C)c1cc(C)oc1C. The van der Waals surface area contributed by atoms with Gasteiger partial charge in [-0.15, -0.1) is 6.42 Å². The van der Waals surface area contributed by atoms with Crippen LogP contribution in [0.4, 0.5) is 0 Å². The molecule has 1 atom stereocenters. The van der Waals surface area contributed by atoms with Gasteiger partial charge in [0, 0.05) is 11.6 Å². The number of nitrogens with zero attached hydrogens (tertiary/aromatic N) is 1. The van der Waals surface area contributed by atoms with Crippen molar-refractivity contribution in [1.82, 2.24) is 4.90 Å². The average Bonchev–Trinajstić information content (AvgIpc) is 2.55. The van der Waals surface area contributed by atoms with Gasteiger partial charge in [-0.2, -0.15) is 0 Å². The quantitative estimate of drug-likeness (QED) is 0.793. The number of aryl methyl sites for hydroxylation is 2. The van der Waals surface area contributed by atoms with Gasteiger partial charge >= 0.3 is 5.97 Å². The third kappa shape index (κ3) is 3.36. The summed E-state index contributed by atoms with van der Waals surface area (Å²) in [7, 11) is 0. The van der Waals surface area contributed by atoms with Crippen LogP contribution in [-0.4, -0.2) is 29.1 Å². The van der Waals surface area contributed by atoms with Gasteiger partial charge in [-0.25, -0.2) is 0 Å². The van der Waals surface area contributed by atoms with Crippen LogP contribution in [0.1, 0.15) is 30.0 Å². The molecule has 1 aromatic heterocycles. The minimum Gasteiger partial charge on any atom is -0.480 e. The molecule has 0 aliphatic heterocycles. The Bertz CT molecular complexity index is 442. The molecule has 0 spiro atoms. The molecule has 1 heterocycles. The number of furan rings is 1. The van der Waals surface area contributed by atoms with Crippen molar-refractivity contribution in [2.45, 2.75) is 26.8 Å². The van der Waals surface area contributed by atoms with Gasteiger partial charge in [0.1, 0.15) is 11.5 Å². The van der Waals surface area contributed by atoms with Crippen molar-refractivity contribution in [2.75, 3.05) is 13.1 Å². The highest BCUT2D eigenvalue weighted by Crippen LogP contribution is 2.25. The first-order valence-corrected chi connectivity index (χ1v) is 5.42. The number of hydrogen-bond acceptors (Lipinski definition) is 3. The molecule has 0 radical (unpaired) electrons. The summed E-state index contributed by atoms with van der Waals surface area (Å²) in [4.78, 5) is 12.5. The van der Waals surface area contributed by atoms with Gasteiger partial charge in [-0.1, -0.05) is 5.92 Å². The molecule has 1 unspecified atom stereocenters. The Balaban J connectivity index is 2.91. The Morgan fingerprint density at radius 3 is 2.71 bits per heavy atom. The van der Waals surface area contributed by atoms with E-state index in [2.05, 4.69) is 5.92 Å². The summed E-state index contributed by atoms with van der Waals surface area (Å²) in [6, 6.07) is 1.85. The fourth-order valence-corrected chi connectivity index (χ4v) is 1.88. The van der Waals surface area contributed by atoms with Gasteiger partial charge < -0.3 is 9.52 Å². The van der Waals surface area contributed by atoms with Gasteiger partial charge in [-0.05, 0) is 26.8 Å². The van der Waals surface area contributed by atoms with E-state index >= 15 is 0 Å². The van der Waals surface area contributed by atoms with Gasteiger partial charge in [0.05, 0.1) is 13.1 Å². The maximum atomic E-state index is 10.8. The Morgan fingerprint density at radius 1 is 1.65 bits per heavy atom. The molecule has 0 saturated heterocycles. The summed E-state index contributed by atoms with van der Waals surface area (Å²) in [5, 5.41) is 8.85. The van der Waals surface area contributed by atoms with E-state index in [0.29, 0.717) is 6.54 Å². The minimum absolute atomic E-state index is 0.0698. The number of aliphatic carboxylic acids is 1. The van der Waals surface area contributed by atoms with Crippen LogP contribution in [0.2, 0.25) is 0 Å². The summed E-state index contributed by atoms with van der Waals surface area (Å²) in [5.41, 5.74) is 0.985. The lowest BCUT2D eigenvalue weighted by molar-refractivity contribution is -0.138. The summed E-state index contributed by atoms with van der Waals surface area (Å²) in [5.74, 6) is 3.23. The van der Waals surface area contributed by atoms with Crippen molar-refractivity contribution in [3.8, 4) is 12.3 Å². The smallest absolute Gasteiger partial charge is 0.317 e. The standard InChI is InChI=1S/C13H17NO3/c1-5-6-14(8-13(15)16)10(3)12-7-9(2)17-11(12)4/h1,7,10H,6,8H2,2-4H3,(H,15,16). The van der Waals surface area contributed by atoms with Crippen LogP contribution in [0, 0.1) is 26.2 Å². The van der Waals surface area contributed by atoms with Gasteiger partial charge in [-0.3, -0.25) is 9.69 Å². The van der Waals surface area contributed by atoms with Crippen molar-refractivity contribution in [2.24, 2.45) is 0 Å². The van der Waals surface area contributed by atoms with Crippen molar-refractivity contribution in [3.63, 3.8) is 0 Å². The van der Waals surface area contributed by atoms with E-state index in [9.17, 15) is 4.79 Å². The molecule has 0 amide bonds. The summed E-state index contributed by atoms with van der Waals surface area (Å²) in [6.07, 6.45) is 5.26. The molecule has 4 heteroatoms. The third-order valence-electron chi connectivity index (χ3n) is 2.71. The van der Waals surface area contributed by atoms with Crippen molar-refractivity contribution >= 4 is 5.97 Å². The zero-order valence-electron chi connectivity index (χ0n) is 10.4. The summed E-state index contributed by atoms with van der Waals surface area (Å²) < 4.78 is 5.44. The zero-order valence-corrected chi connectivity index (χ0v) is 10.4. The van der Waals surface area contributed by atoms with Crippen LogP contribution >= 0.6 is 0 Å². The number of terminal acetylenes is 1. The van der Waals surface area contributed by atoms with E-state index in [1.54, 1.807) is 4.90 Å². The predicted octanol–water partition coefficient (Wildman–Crippen LogP) is 1.98. The van der Waals surface area contributed by atoms with Crippen molar-refractivity contribution < 1.29 is 14.3 Å². The van der Waals surface area contributed by atoms with Crippen LogP contribution in [-0.2, 0) is 4.79 Å². The van der Waals surface area contributed by atoms with E-state index in [1.165, 1.54) is 0 Å². The van der Waals surface area contributed by atoms with Crippen LogP contribution in [0.15, 0.2) is 10.5 Å². The normalized spacial score (nSPS) is 12.4. The number of rotatable bonds is 5. The lowest BCUT2D eigenvalue weighted by Gasteiger charge is -2.25. The Labute approximate surface area is 101 Å². The highest BCUT2D eigenvalue weighted by atomic mass is 16.4. The van der Waals surface area contributed by atoms with Crippen molar-refractivity contribution in [1.29, 1.82) is 0 Å². The second-order valence-corrected chi connectivity index (χ2v) is 4.05. The lowest BCUT2D eigenvalue weighted by Crippen LogP contribution is -2.32. The number of carboxylic acid groups (broad SMARTS) is 1. The van der Waals surface area contributed by atoms with E-state index in [1.807, 2.05) is 26.8 Å². The molecule has 1 aromatic rings. The van der Waals surface area contributed by atoms with E-state index < -0.39 is 5.97 Å². The molecule has 0 fully saturated rings. The fraction of sp³-hybridized carbons (Fsp3) is 0.462. The molecule has 1 N–H and O–H groups in total. The first-order valence-electron chi connectivity index (χ1n) is 5.42. The van der Waals surface area contributed by atoms with Crippen LogP contribution < -0.4 is 0 Å². The van der Waals surface area contributed by atoms with Crippen LogP contribution in [0.25, 0.3) is 0 Å². The Morgan fingerprint density at radius 2 is 2.29 bits per heavy atom. The maximum Gasteiger partial charge on any atom is 0.317 e. The van der Waals surface area contributed by atoms with Gasteiger partial charge in [0.2, 0.25) is 0 Å². The topological polar surface area (TPSA) is 53.7 Å². The van der Waals surface area contributed by atoms with Crippen molar-refractivity contribution in [3.05, 3.63) is 23.2 Å². The molecule has 0 aromatic carbocycles. The fourth-order valence-electron chi connectivity index (χ4n) is 1.88. The van der Waals surface area contributed by atoms with Crippen LogP contribution in [0.3, 0.4) is 0 Å². The monoisotopic (exact) mass is 235 g/mol. The van der Waals surface area contributed by atoms with Gasteiger partial charge in [0.25, 0.3) is 0 Å². The highest BCUT2D eigenvalue weighted by Gasteiger charge is 2.21. The zero-order chi connectivity index (χ0) is 13.0. The minimum atomic E-state index is -0.884. The van der Waals surface area contributed by atoms with E-state index in [0.717, 1.165) is 17.1 Å². The molecule has 92 valence electrons. The molecule has 0 bridgehead atoms. The average molecular weight is 235 g/mol. The number of carboxylic acids is 1. The lowest BCUT2D eigenvalue weighted by atomic mass is 10.1. The number of carbonyl (C=O) groups is 1. The highest BCUT2D eigenvalue weighted by molar-refractivity contribution is 5.69. The molecule has 0 saturated carbocycles. The summed E-state index contributed by atoms with van der Waals surface area (Å²) >= 11 is 0. The molecule has 1 rings (SSSR count). The largest absolute Gasteiger partial charge is 0.480 e. The first kappa shape index (κ1) is 13.3. The molecule has 4 nitrogen and oxygen atoms in total. The second kappa shape index (κ2) is 5.55. The summed E-state index contributed by atoms with van der Waals surface area (Å²) in [6.45, 7) is 5.89. The molecule has 0 aliphatic rings. The third-order valence-corrected chi connectivity index (χ3v) is 2.71. The number of hydrogen-bond donors (Lipinski definition) is 1. The molecular formula is C13H17NO3. The van der Waals surface area contributed by atoms with Crippen LogP contribution in [0.5, 0.6) is 0 Å². The molecule has 0 aliphatic carbocycles.